The van der Waals surface area contributed by atoms with E-state index in [1.165, 1.54) is 4.31 Å². The summed E-state index contributed by atoms with van der Waals surface area (Å²) in [6.07, 6.45) is 4.02. The van der Waals surface area contributed by atoms with Crippen molar-refractivity contribution in [1.82, 2.24) is 4.57 Å². The minimum absolute atomic E-state index is 0.179. The number of para-hydroxylation sites is 1. The van der Waals surface area contributed by atoms with Crippen molar-refractivity contribution in [2.24, 2.45) is 0 Å². The number of rotatable bonds is 8. The van der Waals surface area contributed by atoms with Crippen LogP contribution < -0.4 is 4.31 Å². The minimum atomic E-state index is -3.77. The van der Waals surface area contributed by atoms with Gasteiger partial charge in [0, 0.05) is 28.4 Å². The van der Waals surface area contributed by atoms with Gasteiger partial charge in [0.2, 0.25) is 0 Å². The lowest BCUT2D eigenvalue weighted by Crippen LogP contribution is -2.32. The van der Waals surface area contributed by atoms with E-state index in [1.54, 1.807) is 18.2 Å². The summed E-state index contributed by atoms with van der Waals surface area (Å²) in [7, 11) is -3.77. The summed E-state index contributed by atoms with van der Waals surface area (Å²) >= 11 is 0. The number of benzene rings is 3. The van der Waals surface area contributed by atoms with Crippen molar-refractivity contribution in [3.05, 3.63) is 97.1 Å². The highest BCUT2D eigenvalue weighted by molar-refractivity contribution is 7.92. The third-order valence-electron chi connectivity index (χ3n) is 5.86. The molecule has 0 aliphatic heterocycles. The van der Waals surface area contributed by atoms with Crippen LogP contribution in [0.4, 0.5) is 5.69 Å². The maximum atomic E-state index is 13.7. The number of allylic oxidation sites excluding steroid dienone is 1. The summed E-state index contributed by atoms with van der Waals surface area (Å²) in [6.45, 7) is 12.8. The summed E-state index contributed by atoms with van der Waals surface area (Å²) in [5.74, 6) is 0. The highest BCUT2D eigenvalue weighted by Crippen LogP contribution is 2.38. The van der Waals surface area contributed by atoms with Gasteiger partial charge in [-0.15, -0.1) is 13.2 Å². The van der Waals surface area contributed by atoms with E-state index in [-0.39, 0.29) is 11.4 Å². The molecule has 32 heavy (non-hydrogen) atoms. The number of hydrogen-bond donors (Lipinski definition) is 0. The van der Waals surface area contributed by atoms with E-state index in [9.17, 15) is 8.42 Å². The Hall–Kier alpha value is -3.31. The van der Waals surface area contributed by atoms with Crippen molar-refractivity contribution in [3.63, 3.8) is 0 Å². The fourth-order valence-corrected chi connectivity index (χ4v) is 5.87. The van der Waals surface area contributed by atoms with E-state index in [4.69, 9.17) is 0 Å². The van der Waals surface area contributed by atoms with Crippen LogP contribution in [0.25, 0.3) is 21.8 Å². The first-order valence-electron chi connectivity index (χ1n) is 10.8. The van der Waals surface area contributed by atoms with Crippen molar-refractivity contribution < 1.29 is 8.42 Å². The van der Waals surface area contributed by atoms with Gasteiger partial charge in [0.15, 0.2) is 0 Å². The van der Waals surface area contributed by atoms with Crippen LogP contribution in [0.3, 0.4) is 0 Å². The summed E-state index contributed by atoms with van der Waals surface area (Å²) in [4.78, 5) is 0.269. The molecule has 3 aromatic carbocycles. The van der Waals surface area contributed by atoms with Gasteiger partial charge in [-0.3, -0.25) is 4.31 Å². The predicted molar refractivity (Wildman–Crippen MR) is 135 cm³/mol. The van der Waals surface area contributed by atoms with Crippen LogP contribution in [0.1, 0.15) is 18.1 Å². The minimum Gasteiger partial charge on any atom is -0.341 e. The van der Waals surface area contributed by atoms with Crippen LogP contribution in [0.15, 0.2) is 90.9 Å². The molecule has 0 saturated carbocycles. The van der Waals surface area contributed by atoms with Crippen LogP contribution in [0, 0.1) is 6.92 Å². The first-order valence-corrected chi connectivity index (χ1v) is 12.2. The molecule has 0 bridgehead atoms. The molecule has 0 saturated heterocycles. The Kier molecular flexibility index (Phi) is 5.94. The second-order valence-corrected chi connectivity index (χ2v) is 9.71. The molecule has 1 heterocycles. The summed E-state index contributed by atoms with van der Waals surface area (Å²) in [6, 6.07) is 19.2. The normalized spacial score (nSPS) is 11.7. The van der Waals surface area contributed by atoms with E-state index < -0.39 is 10.0 Å². The number of anilines is 1. The lowest BCUT2D eigenvalue weighted by atomic mass is 10.0. The van der Waals surface area contributed by atoms with E-state index >= 15 is 0 Å². The molecule has 0 spiro atoms. The average molecular weight is 445 g/mol. The van der Waals surface area contributed by atoms with Crippen molar-refractivity contribution in [2.75, 3.05) is 10.8 Å². The van der Waals surface area contributed by atoms with Crippen LogP contribution in [0.2, 0.25) is 0 Å². The Bertz CT molecular complexity index is 1410. The van der Waals surface area contributed by atoms with E-state index in [0.717, 1.165) is 39.5 Å². The van der Waals surface area contributed by atoms with Gasteiger partial charge >= 0.3 is 0 Å². The molecular formula is C27H28N2O2S. The van der Waals surface area contributed by atoms with Crippen molar-refractivity contribution >= 4 is 37.5 Å². The second-order valence-electron chi connectivity index (χ2n) is 7.85. The summed E-state index contributed by atoms with van der Waals surface area (Å²) in [5, 5.41) is 2.20. The Morgan fingerprint density at radius 3 is 2.31 bits per heavy atom. The molecule has 164 valence electrons. The van der Waals surface area contributed by atoms with Crippen LogP contribution in [-0.4, -0.2) is 19.5 Å². The maximum absolute atomic E-state index is 13.7. The van der Waals surface area contributed by atoms with Gasteiger partial charge < -0.3 is 4.57 Å². The largest absolute Gasteiger partial charge is 0.341 e. The third-order valence-corrected chi connectivity index (χ3v) is 7.65. The molecule has 0 unspecified atom stereocenters. The number of aromatic nitrogens is 1. The first-order chi connectivity index (χ1) is 15.4. The molecule has 0 atom stereocenters. The molecule has 5 heteroatoms. The zero-order valence-corrected chi connectivity index (χ0v) is 19.4. The van der Waals surface area contributed by atoms with E-state index in [0.29, 0.717) is 12.1 Å². The number of aryl methyl sites for hydroxylation is 2. The molecule has 0 radical (unpaired) electrons. The van der Waals surface area contributed by atoms with Gasteiger partial charge in [0.25, 0.3) is 10.0 Å². The van der Waals surface area contributed by atoms with Crippen LogP contribution in [0.5, 0.6) is 0 Å². The maximum Gasteiger partial charge on any atom is 0.264 e. The summed E-state index contributed by atoms with van der Waals surface area (Å²) < 4.78 is 31.1. The van der Waals surface area contributed by atoms with Crippen molar-refractivity contribution in [3.8, 4) is 0 Å². The smallest absolute Gasteiger partial charge is 0.264 e. The van der Waals surface area contributed by atoms with Gasteiger partial charge in [-0.05, 0) is 56.2 Å². The van der Waals surface area contributed by atoms with E-state index in [1.807, 2.05) is 49.4 Å². The fourth-order valence-electron chi connectivity index (χ4n) is 4.41. The first kappa shape index (κ1) is 21.9. The molecule has 1 aromatic heterocycles. The van der Waals surface area contributed by atoms with Crippen LogP contribution >= 0.6 is 0 Å². The zero-order valence-electron chi connectivity index (χ0n) is 18.6. The molecule has 0 aliphatic rings. The standard InChI is InChI=1S/C27H28N2O2S/c1-5-10-22-25(29(19-6-2)32(30,31)21-15-13-20(4)14-16-21)17-18-26-27(22)23-11-8-9-12-24(23)28(26)7-3/h5-6,8-9,11-18H,1-2,7,10,19H2,3-4H3. The van der Waals surface area contributed by atoms with Gasteiger partial charge in [-0.1, -0.05) is 48.0 Å². The van der Waals surface area contributed by atoms with Gasteiger partial charge in [-0.2, -0.15) is 0 Å². The topological polar surface area (TPSA) is 42.3 Å². The SMILES string of the molecule is C=CCc1c(N(CC=C)S(=O)(=O)c2ccc(C)cc2)ccc2c1c1ccccc1n2CC. The molecule has 0 amide bonds. The predicted octanol–water partition coefficient (Wildman–Crippen LogP) is 6.23. The Morgan fingerprint density at radius 1 is 0.938 bits per heavy atom. The summed E-state index contributed by atoms with van der Waals surface area (Å²) in [5.41, 5.74) is 4.88. The van der Waals surface area contributed by atoms with Crippen molar-refractivity contribution in [1.29, 1.82) is 0 Å². The fraction of sp³-hybridized carbons (Fsp3) is 0.185. The van der Waals surface area contributed by atoms with Crippen LogP contribution in [-0.2, 0) is 23.0 Å². The average Bonchev–Trinajstić information content (AvgIpc) is 3.12. The Balaban J connectivity index is 2.04. The molecule has 4 nitrogen and oxygen atoms in total. The number of nitrogens with zero attached hydrogens (tertiary/aromatic N) is 2. The highest BCUT2D eigenvalue weighted by atomic mass is 32.2. The second kappa shape index (κ2) is 8.67. The van der Waals surface area contributed by atoms with E-state index in [2.05, 4.69) is 36.8 Å². The Labute approximate surface area is 190 Å². The molecule has 0 fully saturated rings. The lowest BCUT2D eigenvalue weighted by Gasteiger charge is -2.26. The number of fused-ring (bicyclic) bond motifs is 3. The number of sulfonamides is 1. The molecule has 0 aliphatic carbocycles. The van der Waals surface area contributed by atoms with Gasteiger partial charge in [-0.25, -0.2) is 8.42 Å². The Morgan fingerprint density at radius 2 is 1.66 bits per heavy atom. The van der Waals surface area contributed by atoms with Gasteiger partial charge in [0.05, 0.1) is 17.1 Å². The zero-order chi connectivity index (χ0) is 22.9. The lowest BCUT2D eigenvalue weighted by molar-refractivity contribution is 0.592. The highest BCUT2D eigenvalue weighted by Gasteiger charge is 2.27. The monoisotopic (exact) mass is 444 g/mol. The molecule has 4 aromatic rings. The quantitative estimate of drug-likeness (QED) is 0.302. The molecule has 4 rings (SSSR count). The molecular weight excluding hydrogens is 416 g/mol. The van der Waals surface area contributed by atoms with Crippen molar-refractivity contribution in [2.45, 2.75) is 31.7 Å². The number of hydrogen-bond acceptors (Lipinski definition) is 2. The molecule has 0 N–H and O–H groups in total. The van der Waals surface area contributed by atoms with Gasteiger partial charge in [0.1, 0.15) is 0 Å². The third kappa shape index (κ3) is 3.53.